The van der Waals surface area contributed by atoms with Gasteiger partial charge in [-0.2, -0.15) is 0 Å². The third-order valence-corrected chi connectivity index (χ3v) is 3.89. The van der Waals surface area contributed by atoms with E-state index in [1.165, 1.54) is 0 Å². The van der Waals surface area contributed by atoms with Crippen LogP contribution in [0.15, 0.2) is 18.2 Å². The van der Waals surface area contributed by atoms with Crippen LogP contribution in [0.3, 0.4) is 0 Å². The molecule has 0 radical (unpaired) electrons. The summed E-state index contributed by atoms with van der Waals surface area (Å²) in [6.07, 6.45) is 4.20. The Hall–Kier alpha value is -1.98. The summed E-state index contributed by atoms with van der Waals surface area (Å²) >= 11 is 0. The molecular formula is C16H19F2NO3. The lowest BCUT2D eigenvalue weighted by Gasteiger charge is -2.29. The molecule has 120 valence electrons. The Balaban J connectivity index is 1.83. The zero-order valence-corrected chi connectivity index (χ0v) is 12.4. The summed E-state index contributed by atoms with van der Waals surface area (Å²) in [4.78, 5) is 23.5. The first-order valence-corrected chi connectivity index (χ1v) is 7.38. The van der Waals surface area contributed by atoms with Gasteiger partial charge in [-0.05, 0) is 30.9 Å². The van der Waals surface area contributed by atoms with Gasteiger partial charge in [0.25, 0.3) is 5.91 Å². The highest BCUT2D eigenvalue weighted by Gasteiger charge is 2.23. The van der Waals surface area contributed by atoms with Crippen molar-refractivity contribution in [2.45, 2.75) is 38.6 Å². The third kappa shape index (κ3) is 4.51. The van der Waals surface area contributed by atoms with Gasteiger partial charge in [-0.25, -0.2) is 13.6 Å². The molecule has 22 heavy (non-hydrogen) atoms. The van der Waals surface area contributed by atoms with Crippen LogP contribution in [0.4, 0.5) is 8.78 Å². The molecule has 4 nitrogen and oxygen atoms in total. The minimum Gasteiger partial charge on any atom is -0.452 e. The minimum absolute atomic E-state index is 0.0894. The predicted octanol–water partition coefficient (Wildman–Crippen LogP) is 2.82. The van der Waals surface area contributed by atoms with E-state index in [0.29, 0.717) is 12.0 Å². The van der Waals surface area contributed by atoms with Crippen LogP contribution in [0, 0.1) is 17.6 Å². The van der Waals surface area contributed by atoms with Crippen LogP contribution in [0.25, 0.3) is 0 Å². The molecule has 6 heteroatoms. The molecule has 1 N–H and O–H groups in total. The Kier molecular flexibility index (Phi) is 5.46. The number of benzene rings is 1. The van der Waals surface area contributed by atoms with E-state index >= 15 is 0 Å². The van der Waals surface area contributed by atoms with Gasteiger partial charge in [0.1, 0.15) is 11.6 Å². The lowest BCUT2D eigenvalue weighted by Crippen LogP contribution is -2.42. The fraction of sp³-hybridized carbons (Fsp3) is 0.500. The van der Waals surface area contributed by atoms with Crippen molar-refractivity contribution in [1.82, 2.24) is 5.32 Å². The average molecular weight is 311 g/mol. The number of carbonyl (C=O) groups is 2. The van der Waals surface area contributed by atoms with Gasteiger partial charge in [-0.1, -0.05) is 19.8 Å². The van der Waals surface area contributed by atoms with Crippen LogP contribution in [-0.4, -0.2) is 24.5 Å². The Morgan fingerprint density at radius 3 is 2.45 bits per heavy atom. The van der Waals surface area contributed by atoms with E-state index in [1.54, 1.807) is 0 Å². The summed E-state index contributed by atoms with van der Waals surface area (Å²) < 4.78 is 30.8. The molecular weight excluding hydrogens is 292 g/mol. The number of rotatable bonds is 4. The molecule has 0 heterocycles. The van der Waals surface area contributed by atoms with Gasteiger partial charge >= 0.3 is 5.97 Å². The SMILES string of the molecule is C[C@H]1CCCC[C@H]1NC(=O)COC(=O)c1cc(F)cc(F)c1. The Morgan fingerprint density at radius 1 is 1.18 bits per heavy atom. The van der Waals surface area contributed by atoms with Crippen LogP contribution < -0.4 is 5.32 Å². The van der Waals surface area contributed by atoms with E-state index in [0.717, 1.165) is 37.8 Å². The maximum Gasteiger partial charge on any atom is 0.338 e. The summed E-state index contributed by atoms with van der Waals surface area (Å²) in [6, 6.07) is 2.49. The zero-order valence-electron chi connectivity index (χ0n) is 12.4. The average Bonchev–Trinajstić information content (AvgIpc) is 2.46. The molecule has 1 amide bonds. The maximum atomic E-state index is 13.0. The van der Waals surface area contributed by atoms with E-state index in [1.807, 2.05) is 0 Å². The molecule has 1 aromatic rings. The first-order chi connectivity index (χ1) is 10.5. The van der Waals surface area contributed by atoms with Crippen LogP contribution in [-0.2, 0) is 9.53 Å². The zero-order chi connectivity index (χ0) is 16.1. The number of amides is 1. The molecule has 0 aliphatic heterocycles. The maximum absolute atomic E-state index is 13.0. The second kappa shape index (κ2) is 7.33. The molecule has 0 bridgehead atoms. The molecule has 0 unspecified atom stereocenters. The van der Waals surface area contributed by atoms with Gasteiger partial charge in [0, 0.05) is 12.1 Å². The van der Waals surface area contributed by atoms with Crippen molar-refractivity contribution in [3.05, 3.63) is 35.4 Å². The van der Waals surface area contributed by atoms with E-state index in [9.17, 15) is 18.4 Å². The molecule has 1 saturated carbocycles. The standard InChI is InChI=1S/C16H19F2NO3/c1-10-4-2-3-5-14(10)19-15(20)9-22-16(21)11-6-12(17)8-13(18)7-11/h6-8,10,14H,2-5,9H2,1H3,(H,19,20)/t10-,14+/m0/s1. The van der Waals surface area contributed by atoms with Crippen molar-refractivity contribution in [2.75, 3.05) is 6.61 Å². The quantitative estimate of drug-likeness (QED) is 0.870. The molecule has 2 atom stereocenters. The highest BCUT2D eigenvalue weighted by atomic mass is 19.1. The summed E-state index contributed by atoms with van der Waals surface area (Å²) in [5.41, 5.74) is -0.253. The van der Waals surface area contributed by atoms with Crippen molar-refractivity contribution < 1.29 is 23.1 Å². The van der Waals surface area contributed by atoms with Crippen molar-refractivity contribution in [2.24, 2.45) is 5.92 Å². The molecule has 0 saturated heterocycles. The van der Waals surface area contributed by atoms with E-state index in [2.05, 4.69) is 12.2 Å². The normalized spacial score (nSPS) is 21.2. The van der Waals surface area contributed by atoms with Gasteiger partial charge in [-0.3, -0.25) is 4.79 Å². The van der Waals surface area contributed by atoms with E-state index < -0.39 is 30.1 Å². The lowest BCUT2D eigenvalue weighted by molar-refractivity contribution is -0.125. The number of halogens is 2. The highest BCUT2D eigenvalue weighted by Crippen LogP contribution is 2.23. The summed E-state index contributed by atoms with van der Waals surface area (Å²) in [7, 11) is 0. The van der Waals surface area contributed by atoms with Gasteiger partial charge in [-0.15, -0.1) is 0 Å². The molecule has 2 rings (SSSR count). The lowest BCUT2D eigenvalue weighted by atomic mass is 9.86. The largest absolute Gasteiger partial charge is 0.452 e. The number of nitrogens with one attached hydrogen (secondary N) is 1. The van der Waals surface area contributed by atoms with Crippen LogP contribution >= 0.6 is 0 Å². The first-order valence-electron chi connectivity index (χ1n) is 7.38. The van der Waals surface area contributed by atoms with Crippen molar-refractivity contribution in [1.29, 1.82) is 0 Å². The van der Waals surface area contributed by atoms with Gasteiger partial charge in [0.2, 0.25) is 0 Å². The van der Waals surface area contributed by atoms with Crippen molar-refractivity contribution in [3.63, 3.8) is 0 Å². The molecule has 0 spiro atoms. The Bertz CT molecular complexity index is 542. The van der Waals surface area contributed by atoms with E-state index in [-0.39, 0.29) is 11.6 Å². The second-order valence-corrected chi connectivity index (χ2v) is 5.67. The second-order valence-electron chi connectivity index (χ2n) is 5.67. The first kappa shape index (κ1) is 16.4. The van der Waals surface area contributed by atoms with Crippen molar-refractivity contribution >= 4 is 11.9 Å². The fourth-order valence-corrected chi connectivity index (χ4v) is 2.67. The predicted molar refractivity (Wildman–Crippen MR) is 76.2 cm³/mol. The van der Waals surface area contributed by atoms with Gasteiger partial charge in [0.15, 0.2) is 6.61 Å². The molecule has 0 aromatic heterocycles. The van der Waals surface area contributed by atoms with Crippen LogP contribution in [0.1, 0.15) is 43.0 Å². The van der Waals surface area contributed by atoms with Crippen molar-refractivity contribution in [3.8, 4) is 0 Å². The molecule has 1 aromatic carbocycles. The van der Waals surface area contributed by atoms with Gasteiger partial charge < -0.3 is 10.1 Å². The fourth-order valence-electron chi connectivity index (χ4n) is 2.67. The summed E-state index contributed by atoms with van der Waals surface area (Å²) in [5.74, 6) is -2.67. The number of esters is 1. The van der Waals surface area contributed by atoms with E-state index in [4.69, 9.17) is 4.74 Å². The van der Waals surface area contributed by atoms with Crippen LogP contribution in [0.5, 0.6) is 0 Å². The smallest absolute Gasteiger partial charge is 0.338 e. The molecule has 1 aliphatic carbocycles. The number of hydrogen-bond acceptors (Lipinski definition) is 3. The number of ether oxygens (including phenoxy) is 1. The topological polar surface area (TPSA) is 55.4 Å². The van der Waals surface area contributed by atoms with Crippen LogP contribution in [0.2, 0.25) is 0 Å². The monoisotopic (exact) mass is 311 g/mol. The number of carbonyl (C=O) groups excluding carboxylic acids is 2. The highest BCUT2D eigenvalue weighted by molar-refractivity contribution is 5.91. The Labute approximate surface area is 127 Å². The number of hydrogen-bond donors (Lipinski definition) is 1. The third-order valence-electron chi connectivity index (χ3n) is 3.89. The Morgan fingerprint density at radius 2 is 1.82 bits per heavy atom. The summed E-state index contributed by atoms with van der Waals surface area (Å²) in [5, 5.41) is 2.83. The minimum atomic E-state index is -0.926. The summed E-state index contributed by atoms with van der Waals surface area (Å²) in [6.45, 7) is 1.62. The molecule has 1 fully saturated rings. The van der Waals surface area contributed by atoms with Gasteiger partial charge in [0.05, 0.1) is 5.56 Å². The molecule has 1 aliphatic rings.